The summed E-state index contributed by atoms with van der Waals surface area (Å²) in [5.41, 5.74) is 2.96. The van der Waals surface area contributed by atoms with Crippen LogP contribution in [0.1, 0.15) is 30.5 Å². The maximum Gasteiger partial charge on any atom is 0.295 e. The van der Waals surface area contributed by atoms with Crippen molar-refractivity contribution in [2.24, 2.45) is 5.84 Å². The monoisotopic (exact) mass is 337 g/mol. The Morgan fingerprint density at radius 2 is 1.78 bits per heavy atom. The van der Waals surface area contributed by atoms with Crippen LogP contribution in [0, 0.1) is 20.8 Å². The van der Waals surface area contributed by atoms with Crippen LogP contribution in [0.5, 0.6) is 0 Å². The first-order valence-electron chi connectivity index (χ1n) is 7.12. The first kappa shape index (κ1) is 17.5. The van der Waals surface area contributed by atoms with Crippen molar-refractivity contribution in [1.29, 1.82) is 0 Å². The molecule has 2 rings (SSSR count). The average molecular weight is 337 g/mol. The van der Waals surface area contributed by atoms with E-state index < -0.39 is 16.3 Å². The lowest BCUT2D eigenvalue weighted by molar-refractivity contribution is 0.335. The standard InChI is InChI=1S/C15H21N4O3S/c1-8-6-9(2)14(23(20,21)22)11(4)13(8)18-7-10(3)15(16)19(17)12(18)5/h6-7,12H,17H2,1-5H3,(H,20,21,22). The van der Waals surface area contributed by atoms with E-state index in [2.05, 4.69) is 0 Å². The molecule has 8 heteroatoms. The zero-order valence-corrected chi connectivity index (χ0v) is 14.6. The Hall–Kier alpha value is -1.90. The van der Waals surface area contributed by atoms with Crippen LogP contribution in [-0.2, 0) is 10.1 Å². The molecule has 1 atom stereocenters. The van der Waals surface area contributed by atoms with E-state index in [4.69, 9.17) is 5.84 Å². The number of amidine groups is 1. The third-order valence-corrected chi connectivity index (χ3v) is 5.26. The highest BCUT2D eigenvalue weighted by atomic mass is 32.2. The molecule has 0 saturated heterocycles. The van der Waals surface area contributed by atoms with E-state index in [1.165, 1.54) is 5.01 Å². The molecule has 0 saturated carbocycles. The summed E-state index contributed by atoms with van der Waals surface area (Å²) in [5.74, 6) is 5.85. The molecule has 0 aliphatic carbocycles. The van der Waals surface area contributed by atoms with Gasteiger partial charge in [-0.05, 0) is 51.3 Å². The van der Waals surface area contributed by atoms with Gasteiger partial charge in [-0.2, -0.15) is 8.42 Å². The van der Waals surface area contributed by atoms with Crippen LogP contribution in [0.3, 0.4) is 0 Å². The summed E-state index contributed by atoms with van der Waals surface area (Å²) in [7, 11) is -4.34. The third-order valence-electron chi connectivity index (χ3n) is 4.11. The molecule has 1 aliphatic heterocycles. The minimum atomic E-state index is -4.34. The first-order valence-corrected chi connectivity index (χ1v) is 8.56. The zero-order valence-electron chi connectivity index (χ0n) is 13.8. The van der Waals surface area contributed by atoms with E-state index in [0.717, 1.165) is 5.56 Å². The van der Waals surface area contributed by atoms with Gasteiger partial charge in [0.2, 0.25) is 0 Å². The van der Waals surface area contributed by atoms with Crippen LogP contribution < -0.4 is 16.2 Å². The van der Waals surface area contributed by atoms with Crippen molar-refractivity contribution in [1.82, 2.24) is 10.4 Å². The largest absolute Gasteiger partial charge is 0.325 e. The number of hydrogen-bond acceptors (Lipinski definition) is 4. The first-order chi connectivity index (χ1) is 10.5. The summed E-state index contributed by atoms with van der Waals surface area (Å²) < 4.78 is 33.0. The van der Waals surface area contributed by atoms with Gasteiger partial charge >= 0.3 is 0 Å². The highest BCUT2D eigenvalue weighted by Gasteiger charge is 2.31. The van der Waals surface area contributed by atoms with E-state index >= 15 is 0 Å². The summed E-state index contributed by atoms with van der Waals surface area (Å²) in [5, 5.41) is 11.1. The molecule has 7 nitrogen and oxygen atoms in total. The molecule has 0 bridgehead atoms. The molecule has 125 valence electrons. The predicted octanol–water partition coefficient (Wildman–Crippen LogP) is 1.30. The number of aryl methyl sites for hydroxylation is 2. The molecule has 0 aromatic heterocycles. The van der Waals surface area contributed by atoms with Crippen LogP contribution >= 0.6 is 0 Å². The van der Waals surface area contributed by atoms with Crippen molar-refractivity contribution >= 4 is 21.6 Å². The van der Waals surface area contributed by atoms with Crippen molar-refractivity contribution in [3.8, 4) is 0 Å². The second kappa shape index (κ2) is 5.63. The molecule has 0 spiro atoms. The van der Waals surface area contributed by atoms with Crippen LogP contribution in [-0.4, -0.2) is 30.0 Å². The topological polar surface area (TPSA) is 109 Å². The fourth-order valence-electron chi connectivity index (χ4n) is 3.09. The van der Waals surface area contributed by atoms with E-state index in [1.54, 1.807) is 44.9 Å². The van der Waals surface area contributed by atoms with Crippen LogP contribution in [0.4, 0.5) is 5.69 Å². The molecule has 1 unspecified atom stereocenters. The van der Waals surface area contributed by atoms with Crippen molar-refractivity contribution < 1.29 is 13.0 Å². The molecular weight excluding hydrogens is 316 g/mol. The maximum atomic E-state index is 11.7. The Morgan fingerprint density at radius 1 is 1.22 bits per heavy atom. The smallest absolute Gasteiger partial charge is 0.295 e. The van der Waals surface area contributed by atoms with Gasteiger partial charge < -0.3 is 4.90 Å². The molecule has 1 radical (unpaired) electrons. The molecule has 0 fully saturated rings. The van der Waals surface area contributed by atoms with Gasteiger partial charge in [-0.25, -0.2) is 5.84 Å². The summed E-state index contributed by atoms with van der Waals surface area (Å²) in [6, 6.07) is 1.71. The predicted molar refractivity (Wildman–Crippen MR) is 89.3 cm³/mol. The van der Waals surface area contributed by atoms with Gasteiger partial charge in [0.25, 0.3) is 10.1 Å². The molecular formula is C15H21N4O3S. The molecule has 1 aromatic rings. The van der Waals surface area contributed by atoms with Crippen LogP contribution in [0.25, 0.3) is 0 Å². The van der Waals surface area contributed by atoms with Gasteiger partial charge in [0, 0.05) is 17.5 Å². The Labute approximate surface area is 136 Å². The number of hydrazine groups is 1. The normalized spacial score (nSPS) is 19.2. The fraction of sp³-hybridized carbons (Fsp3) is 0.400. The Balaban J connectivity index is 2.77. The summed E-state index contributed by atoms with van der Waals surface area (Å²) >= 11 is 0. The molecule has 23 heavy (non-hydrogen) atoms. The maximum absolute atomic E-state index is 11.7. The van der Waals surface area contributed by atoms with Crippen molar-refractivity contribution in [2.75, 3.05) is 4.90 Å². The van der Waals surface area contributed by atoms with Crippen LogP contribution in [0.15, 0.2) is 22.7 Å². The summed E-state index contributed by atoms with van der Waals surface area (Å²) in [6.45, 7) is 8.63. The highest BCUT2D eigenvalue weighted by Crippen LogP contribution is 2.35. The lowest BCUT2D eigenvalue weighted by Crippen LogP contribution is -2.55. The molecule has 1 heterocycles. The number of nitrogens with zero attached hydrogens (tertiary/aromatic N) is 3. The zero-order chi connectivity index (χ0) is 17.7. The van der Waals surface area contributed by atoms with Gasteiger partial charge in [-0.3, -0.25) is 9.56 Å². The average Bonchev–Trinajstić information content (AvgIpc) is 2.39. The van der Waals surface area contributed by atoms with E-state index in [-0.39, 0.29) is 10.7 Å². The number of benzene rings is 1. The Kier molecular flexibility index (Phi) is 4.27. The third kappa shape index (κ3) is 2.85. The number of anilines is 1. The number of rotatable bonds is 2. The minimum Gasteiger partial charge on any atom is -0.325 e. The Bertz CT molecular complexity index is 815. The molecule has 1 aliphatic rings. The number of hydrogen-bond donors (Lipinski definition) is 2. The van der Waals surface area contributed by atoms with Crippen molar-refractivity contribution in [3.63, 3.8) is 0 Å². The molecule has 0 amide bonds. The fourth-order valence-corrected chi connectivity index (χ4v) is 4.04. The van der Waals surface area contributed by atoms with Gasteiger partial charge in [0.1, 0.15) is 11.1 Å². The van der Waals surface area contributed by atoms with Crippen molar-refractivity contribution in [3.05, 3.63) is 34.5 Å². The SMILES string of the molecule is CC1=CN(c2c(C)cc(C)c(S(=O)(=O)O)c2C)C(C)N(N)C1=[N]. The Morgan fingerprint density at radius 3 is 2.30 bits per heavy atom. The lowest BCUT2D eigenvalue weighted by Gasteiger charge is -2.41. The minimum absolute atomic E-state index is 0.0360. The van der Waals surface area contributed by atoms with E-state index in [1.807, 2.05) is 6.92 Å². The van der Waals surface area contributed by atoms with Gasteiger partial charge in [0.05, 0.1) is 0 Å². The molecule has 3 N–H and O–H groups in total. The quantitative estimate of drug-likeness (QED) is 0.622. The summed E-state index contributed by atoms with van der Waals surface area (Å²) in [6.07, 6.45) is 1.29. The van der Waals surface area contributed by atoms with E-state index in [0.29, 0.717) is 22.4 Å². The van der Waals surface area contributed by atoms with E-state index in [9.17, 15) is 18.4 Å². The van der Waals surface area contributed by atoms with Gasteiger partial charge in [0.15, 0.2) is 5.84 Å². The van der Waals surface area contributed by atoms with Crippen molar-refractivity contribution in [2.45, 2.75) is 45.7 Å². The highest BCUT2D eigenvalue weighted by molar-refractivity contribution is 7.86. The summed E-state index contributed by atoms with van der Waals surface area (Å²) in [4.78, 5) is 1.69. The molecule has 1 aromatic carbocycles. The van der Waals surface area contributed by atoms with Gasteiger partial charge in [-0.15, -0.1) is 5.41 Å². The second-order valence-corrected chi connectivity index (χ2v) is 7.23. The van der Waals surface area contributed by atoms with Gasteiger partial charge in [-0.1, -0.05) is 6.07 Å². The van der Waals surface area contributed by atoms with Crippen LogP contribution in [0.2, 0.25) is 0 Å². The number of nitrogens with two attached hydrogens (primary N) is 1. The second-order valence-electron chi connectivity index (χ2n) is 5.87. The lowest BCUT2D eigenvalue weighted by atomic mass is 10.0.